The molecule has 1 aromatic heterocycles. The Kier molecular flexibility index (Phi) is 2.79. The van der Waals surface area contributed by atoms with Crippen LogP contribution in [0.3, 0.4) is 0 Å². The molecule has 0 amide bonds. The van der Waals surface area contributed by atoms with E-state index in [2.05, 4.69) is 0 Å². The summed E-state index contributed by atoms with van der Waals surface area (Å²) in [7, 11) is 1.88. The number of nitrogens with two attached hydrogens (primary N) is 1. The Bertz CT molecular complexity index is 820. The first-order chi connectivity index (χ1) is 9.58. The van der Waals surface area contributed by atoms with Crippen LogP contribution in [0.25, 0.3) is 10.9 Å². The van der Waals surface area contributed by atoms with E-state index >= 15 is 0 Å². The van der Waals surface area contributed by atoms with Gasteiger partial charge in [0.1, 0.15) is 5.82 Å². The van der Waals surface area contributed by atoms with Gasteiger partial charge in [0.25, 0.3) is 0 Å². The number of halogens is 1. The van der Waals surface area contributed by atoms with Crippen molar-refractivity contribution < 1.29 is 9.18 Å². The SMILES string of the molecule is Cn1cc(C(=O)c2ccc(N)c(F)c2)c2ccccc21. The summed E-state index contributed by atoms with van der Waals surface area (Å²) in [5.74, 6) is -0.781. The summed E-state index contributed by atoms with van der Waals surface area (Å²) in [6.07, 6.45) is 1.77. The minimum absolute atomic E-state index is 0.0412. The van der Waals surface area contributed by atoms with Crippen molar-refractivity contribution in [3.05, 3.63) is 65.6 Å². The molecule has 3 aromatic rings. The summed E-state index contributed by atoms with van der Waals surface area (Å²) >= 11 is 0. The fraction of sp³-hybridized carbons (Fsp3) is 0.0625. The Labute approximate surface area is 115 Å². The molecule has 2 N–H and O–H groups in total. The number of nitrogen functional groups attached to an aromatic ring is 1. The minimum atomic E-state index is -0.573. The number of ketones is 1. The summed E-state index contributed by atoms with van der Waals surface area (Å²) in [6, 6.07) is 11.8. The number of carbonyl (C=O) groups excluding carboxylic acids is 1. The lowest BCUT2D eigenvalue weighted by molar-refractivity contribution is 0.103. The van der Waals surface area contributed by atoms with Crippen LogP contribution in [-0.2, 0) is 7.05 Å². The van der Waals surface area contributed by atoms with E-state index in [-0.39, 0.29) is 11.5 Å². The van der Waals surface area contributed by atoms with Gasteiger partial charge in [-0.2, -0.15) is 0 Å². The zero-order valence-electron chi connectivity index (χ0n) is 10.9. The zero-order chi connectivity index (χ0) is 14.3. The van der Waals surface area contributed by atoms with Crippen LogP contribution in [0.1, 0.15) is 15.9 Å². The van der Waals surface area contributed by atoms with Crippen molar-refractivity contribution in [3.63, 3.8) is 0 Å². The molecule has 0 unspecified atom stereocenters. The van der Waals surface area contributed by atoms with E-state index in [1.165, 1.54) is 12.1 Å². The molecule has 20 heavy (non-hydrogen) atoms. The molecule has 3 nitrogen and oxygen atoms in total. The molecule has 1 heterocycles. The highest BCUT2D eigenvalue weighted by molar-refractivity contribution is 6.16. The maximum atomic E-state index is 13.5. The second kappa shape index (κ2) is 4.49. The fourth-order valence-corrected chi connectivity index (χ4v) is 2.35. The summed E-state index contributed by atoms with van der Waals surface area (Å²) in [4.78, 5) is 12.5. The monoisotopic (exact) mass is 268 g/mol. The van der Waals surface area contributed by atoms with Crippen LogP contribution in [0.5, 0.6) is 0 Å². The largest absolute Gasteiger partial charge is 0.396 e. The van der Waals surface area contributed by atoms with Crippen LogP contribution in [0.2, 0.25) is 0 Å². The number of benzene rings is 2. The quantitative estimate of drug-likeness (QED) is 0.573. The number of hydrogen-bond acceptors (Lipinski definition) is 2. The summed E-state index contributed by atoms with van der Waals surface area (Å²) < 4.78 is 15.4. The molecule has 0 saturated carbocycles. The average Bonchev–Trinajstić information content (AvgIpc) is 2.79. The highest BCUT2D eigenvalue weighted by atomic mass is 19.1. The number of rotatable bonds is 2. The Hall–Kier alpha value is -2.62. The Morgan fingerprint density at radius 3 is 2.70 bits per heavy atom. The van der Waals surface area contributed by atoms with Crippen molar-refractivity contribution in [1.29, 1.82) is 0 Å². The molecule has 4 heteroatoms. The van der Waals surface area contributed by atoms with E-state index in [1.807, 2.05) is 35.9 Å². The van der Waals surface area contributed by atoms with Gasteiger partial charge in [-0.15, -0.1) is 0 Å². The first kappa shape index (κ1) is 12.4. The smallest absolute Gasteiger partial charge is 0.195 e. The van der Waals surface area contributed by atoms with Gasteiger partial charge in [0, 0.05) is 35.3 Å². The van der Waals surface area contributed by atoms with Crippen molar-refractivity contribution in [3.8, 4) is 0 Å². The number of fused-ring (bicyclic) bond motifs is 1. The molecule has 0 aliphatic heterocycles. The molecule has 0 saturated heterocycles. The molecule has 0 radical (unpaired) electrons. The predicted molar refractivity (Wildman–Crippen MR) is 77.2 cm³/mol. The molecular weight excluding hydrogens is 255 g/mol. The Morgan fingerprint density at radius 1 is 1.20 bits per heavy atom. The number of anilines is 1. The molecule has 2 aromatic carbocycles. The van der Waals surface area contributed by atoms with Gasteiger partial charge in [-0.1, -0.05) is 18.2 Å². The number of carbonyl (C=O) groups is 1. The molecule has 0 aliphatic rings. The molecule has 0 bridgehead atoms. The Morgan fingerprint density at radius 2 is 1.95 bits per heavy atom. The zero-order valence-corrected chi connectivity index (χ0v) is 10.9. The number of para-hydroxylation sites is 1. The van der Waals surface area contributed by atoms with Crippen molar-refractivity contribution in [2.24, 2.45) is 7.05 Å². The van der Waals surface area contributed by atoms with Gasteiger partial charge in [0.2, 0.25) is 0 Å². The van der Waals surface area contributed by atoms with E-state index in [0.29, 0.717) is 11.1 Å². The number of nitrogens with zero attached hydrogens (tertiary/aromatic N) is 1. The van der Waals surface area contributed by atoms with E-state index in [9.17, 15) is 9.18 Å². The lowest BCUT2D eigenvalue weighted by Gasteiger charge is -2.02. The van der Waals surface area contributed by atoms with Gasteiger partial charge in [-0.25, -0.2) is 4.39 Å². The van der Waals surface area contributed by atoms with Gasteiger partial charge in [-0.3, -0.25) is 4.79 Å². The second-order valence-corrected chi connectivity index (χ2v) is 4.74. The third kappa shape index (κ3) is 1.86. The topological polar surface area (TPSA) is 48.0 Å². The maximum Gasteiger partial charge on any atom is 0.195 e. The van der Waals surface area contributed by atoms with E-state index in [1.54, 1.807) is 12.3 Å². The molecule has 0 spiro atoms. The van der Waals surface area contributed by atoms with Gasteiger partial charge >= 0.3 is 0 Å². The molecule has 0 atom stereocenters. The first-order valence-corrected chi connectivity index (χ1v) is 6.21. The summed E-state index contributed by atoms with van der Waals surface area (Å²) in [5.41, 5.74) is 7.30. The molecule has 0 aliphatic carbocycles. The fourth-order valence-electron chi connectivity index (χ4n) is 2.35. The van der Waals surface area contributed by atoms with Crippen molar-refractivity contribution in [1.82, 2.24) is 4.57 Å². The van der Waals surface area contributed by atoms with Crippen LogP contribution in [0.4, 0.5) is 10.1 Å². The highest BCUT2D eigenvalue weighted by Crippen LogP contribution is 2.24. The van der Waals surface area contributed by atoms with E-state index < -0.39 is 5.82 Å². The standard InChI is InChI=1S/C16H13FN2O/c1-19-9-12(11-4-2-3-5-15(11)19)16(20)10-6-7-14(18)13(17)8-10/h2-9H,18H2,1H3. The van der Waals surface area contributed by atoms with Crippen LogP contribution in [-0.4, -0.2) is 10.4 Å². The maximum absolute atomic E-state index is 13.5. The normalized spacial score (nSPS) is 10.9. The lowest BCUT2D eigenvalue weighted by Crippen LogP contribution is -2.02. The average molecular weight is 268 g/mol. The highest BCUT2D eigenvalue weighted by Gasteiger charge is 2.16. The summed E-state index contributed by atoms with van der Waals surface area (Å²) in [5, 5.41) is 0.859. The Balaban J connectivity index is 2.15. The van der Waals surface area contributed by atoms with Crippen molar-refractivity contribution in [2.75, 3.05) is 5.73 Å². The first-order valence-electron chi connectivity index (χ1n) is 6.21. The third-order valence-corrected chi connectivity index (χ3v) is 3.40. The van der Waals surface area contributed by atoms with Gasteiger partial charge in [0.15, 0.2) is 5.78 Å². The molecule has 0 fully saturated rings. The number of aromatic nitrogens is 1. The van der Waals surface area contributed by atoms with Gasteiger partial charge in [0.05, 0.1) is 5.69 Å². The number of aryl methyl sites for hydroxylation is 1. The van der Waals surface area contributed by atoms with E-state index in [4.69, 9.17) is 5.73 Å². The minimum Gasteiger partial charge on any atom is -0.396 e. The molecular formula is C16H13FN2O. The second-order valence-electron chi connectivity index (χ2n) is 4.74. The van der Waals surface area contributed by atoms with Crippen LogP contribution in [0.15, 0.2) is 48.7 Å². The van der Waals surface area contributed by atoms with Crippen LogP contribution >= 0.6 is 0 Å². The number of hydrogen-bond donors (Lipinski definition) is 1. The third-order valence-electron chi connectivity index (χ3n) is 3.40. The summed E-state index contributed by atoms with van der Waals surface area (Å²) in [6.45, 7) is 0. The van der Waals surface area contributed by atoms with Crippen LogP contribution < -0.4 is 5.73 Å². The predicted octanol–water partition coefficient (Wildman–Crippen LogP) is 3.13. The van der Waals surface area contributed by atoms with Crippen molar-refractivity contribution >= 4 is 22.4 Å². The van der Waals surface area contributed by atoms with Gasteiger partial charge in [-0.05, 0) is 24.3 Å². The van der Waals surface area contributed by atoms with Crippen molar-refractivity contribution in [2.45, 2.75) is 0 Å². The van der Waals surface area contributed by atoms with Crippen LogP contribution in [0, 0.1) is 5.82 Å². The van der Waals surface area contributed by atoms with Gasteiger partial charge < -0.3 is 10.3 Å². The molecule has 100 valence electrons. The van der Waals surface area contributed by atoms with E-state index in [0.717, 1.165) is 10.9 Å². The molecule has 3 rings (SSSR count). The lowest BCUT2D eigenvalue weighted by atomic mass is 10.0.